The quantitative estimate of drug-likeness (QED) is 0.695. The highest BCUT2D eigenvalue weighted by Crippen LogP contribution is 2.16. The first-order chi connectivity index (χ1) is 8.77. The average molecular weight is 248 g/mol. The fourth-order valence-electron chi connectivity index (χ4n) is 1.98. The molecule has 3 N–H and O–H groups in total. The molecule has 0 saturated heterocycles. The van der Waals surface area contributed by atoms with Crippen LogP contribution in [0.4, 0.5) is 0 Å². The van der Waals surface area contributed by atoms with Gasteiger partial charge in [-0.25, -0.2) is 0 Å². The molecule has 1 aromatic carbocycles. The maximum atomic E-state index is 11.8. The minimum absolute atomic E-state index is 0.133. The monoisotopic (exact) mass is 248 g/mol. The molecule has 1 amide bonds. The highest BCUT2D eigenvalue weighted by molar-refractivity contribution is 5.76. The zero-order valence-corrected chi connectivity index (χ0v) is 11.2. The van der Waals surface area contributed by atoms with Crippen LogP contribution in [0.25, 0.3) is 0 Å². The predicted octanol–water partition coefficient (Wildman–Crippen LogP) is 2.77. The van der Waals surface area contributed by atoms with Crippen LogP contribution in [0.15, 0.2) is 30.3 Å². The zero-order chi connectivity index (χ0) is 13.2. The number of carbonyl (C=O) groups excluding carboxylic acids is 1. The molecular formula is C15H24N2O. The summed E-state index contributed by atoms with van der Waals surface area (Å²) >= 11 is 0. The fraction of sp³-hybridized carbons (Fsp3) is 0.533. The van der Waals surface area contributed by atoms with Crippen LogP contribution < -0.4 is 11.1 Å². The van der Waals surface area contributed by atoms with Gasteiger partial charge in [0.05, 0.1) is 6.04 Å². The lowest BCUT2D eigenvalue weighted by Crippen LogP contribution is -2.27. The minimum Gasteiger partial charge on any atom is -0.349 e. The first kappa shape index (κ1) is 14.7. The van der Waals surface area contributed by atoms with Gasteiger partial charge in [0.2, 0.25) is 5.91 Å². The zero-order valence-electron chi connectivity index (χ0n) is 11.2. The van der Waals surface area contributed by atoms with Crippen LogP contribution in [0.5, 0.6) is 0 Å². The third kappa shape index (κ3) is 5.32. The Labute approximate surface area is 110 Å². The number of nitrogens with two attached hydrogens (primary N) is 1. The molecule has 0 aliphatic carbocycles. The van der Waals surface area contributed by atoms with Crippen molar-refractivity contribution in [3.05, 3.63) is 35.9 Å². The summed E-state index contributed by atoms with van der Waals surface area (Å²) in [6.45, 7) is 2.80. The smallest absolute Gasteiger partial charge is 0.220 e. The van der Waals surface area contributed by atoms with E-state index in [2.05, 4.69) is 24.4 Å². The topological polar surface area (TPSA) is 55.1 Å². The van der Waals surface area contributed by atoms with Crippen molar-refractivity contribution < 1.29 is 4.79 Å². The largest absolute Gasteiger partial charge is 0.349 e. The van der Waals surface area contributed by atoms with Gasteiger partial charge in [0.25, 0.3) is 0 Å². The number of carbonyl (C=O) groups is 1. The molecule has 0 aliphatic rings. The first-order valence-electron chi connectivity index (χ1n) is 6.82. The summed E-state index contributed by atoms with van der Waals surface area (Å²) in [6, 6.07) is 10.3. The van der Waals surface area contributed by atoms with Gasteiger partial charge in [-0.1, -0.05) is 43.7 Å². The molecule has 3 heteroatoms. The Morgan fingerprint density at radius 2 is 1.94 bits per heavy atom. The molecule has 0 saturated carbocycles. The lowest BCUT2D eigenvalue weighted by molar-refractivity contribution is -0.122. The van der Waals surface area contributed by atoms with E-state index in [1.165, 1.54) is 5.56 Å². The number of rotatable bonds is 8. The van der Waals surface area contributed by atoms with Crippen molar-refractivity contribution in [1.82, 2.24) is 5.32 Å². The highest BCUT2D eigenvalue weighted by Gasteiger charge is 2.11. The lowest BCUT2D eigenvalue weighted by atomic mass is 10.0. The van der Waals surface area contributed by atoms with E-state index < -0.39 is 0 Å². The Balaban J connectivity index is 2.37. The number of unbranched alkanes of at least 4 members (excludes halogenated alkanes) is 2. The Morgan fingerprint density at radius 3 is 2.56 bits per heavy atom. The van der Waals surface area contributed by atoms with Gasteiger partial charge in [0, 0.05) is 6.42 Å². The summed E-state index contributed by atoms with van der Waals surface area (Å²) in [7, 11) is 0. The van der Waals surface area contributed by atoms with E-state index in [4.69, 9.17) is 5.73 Å². The summed E-state index contributed by atoms with van der Waals surface area (Å²) in [4.78, 5) is 11.8. The number of amides is 1. The molecule has 18 heavy (non-hydrogen) atoms. The van der Waals surface area contributed by atoms with Crippen LogP contribution in [0, 0.1) is 0 Å². The van der Waals surface area contributed by atoms with Gasteiger partial charge in [0.15, 0.2) is 0 Å². The molecule has 1 atom stereocenters. The third-order valence-electron chi connectivity index (χ3n) is 3.05. The molecule has 0 fully saturated rings. The van der Waals surface area contributed by atoms with Gasteiger partial charge >= 0.3 is 0 Å². The van der Waals surface area contributed by atoms with Gasteiger partial charge in [-0.15, -0.1) is 0 Å². The van der Waals surface area contributed by atoms with E-state index in [0.717, 1.165) is 25.7 Å². The maximum absolute atomic E-state index is 11.8. The number of hydrogen-bond acceptors (Lipinski definition) is 2. The predicted molar refractivity (Wildman–Crippen MR) is 75.1 cm³/mol. The molecular weight excluding hydrogens is 224 g/mol. The Hall–Kier alpha value is -1.35. The van der Waals surface area contributed by atoms with Crippen LogP contribution >= 0.6 is 0 Å². The lowest BCUT2D eigenvalue weighted by Gasteiger charge is -2.17. The van der Waals surface area contributed by atoms with Gasteiger partial charge in [-0.2, -0.15) is 0 Å². The van der Waals surface area contributed by atoms with E-state index >= 15 is 0 Å². The summed E-state index contributed by atoms with van der Waals surface area (Å²) in [5.74, 6) is 0.141. The molecule has 3 nitrogen and oxygen atoms in total. The summed E-state index contributed by atoms with van der Waals surface area (Å²) in [5.41, 5.74) is 6.60. The fourth-order valence-corrected chi connectivity index (χ4v) is 1.98. The van der Waals surface area contributed by atoms with Gasteiger partial charge in [-0.05, 0) is 31.4 Å². The standard InChI is InChI=1S/C15H24N2O/c1-2-14(13-9-5-3-6-10-13)17-15(18)11-7-4-8-12-16/h3,5-6,9-10,14H,2,4,7-8,11-12,16H2,1H3,(H,17,18). The summed E-state index contributed by atoms with van der Waals surface area (Å²) in [5, 5.41) is 3.09. The van der Waals surface area contributed by atoms with Crippen molar-refractivity contribution in [3.8, 4) is 0 Å². The van der Waals surface area contributed by atoms with Crippen molar-refractivity contribution in [3.63, 3.8) is 0 Å². The highest BCUT2D eigenvalue weighted by atomic mass is 16.1. The average Bonchev–Trinajstić information content (AvgIpc) is 2.42. The van der Waals surface area contributed by atoms with E-state index in [1.807, 2.05) is 18.2 Å². The van der Waals surface area contributed by atoms with Crippen LogP contribution in [0.2, 0.25) is 0 Å². The second-order valence-electron chi connectivity index (χ2n) is 4.54. The Morgan fingerprint density at radius 1 is 1.22 bits per heavy atom. The summed E-state index contributed by atoms with van der Waals surface area (Å²) in [6.07, 6.45) is 4.48. The number of nitrogens with one attached hydrogen (secondary N) is 1. The molecule has 0 aliphatic heterocycles. The maximum Gasteiger partial charge on any atom is 0.220 e. The van der Waals surface area contributed by atoms with Gasteiger partial charge in [0.1, 0.15) is 0 Å². The van der Waals surface area contributed by atoms with E-state index in [9.17, 15) is 4.79 Å². The normalized spacial score (nSPS) is 12.1. The molecule has 0 bridgehead atoms. The molecule has 0 radical (unpaired) electrons. The van der Waals surface area contributed by atoms with E-state index in [1.54, 1.807) is 0 Å². The third-order valence-corrected chi connectivity index (χ3v) is 3.05. The molecule has 0 heterocycles. The second-order valence-corrected chi connectivity index (χ2v) is 4.54. The molecule has 0 aromatic heterocycles. The first-order valence-corrected chi connectivity index (χ1v) is 6.82. The van der Waals surface area contributed by atoms with Crippen LogP contribution in [-0.2, 0) is 4.79 Å². The van der Waals surface area contributed by atoms with Gasteiger partial charge < -0.3 is 11.1 Å². The molecule has 1 aromatic rings. The Bertz CT molecular complexity index is 338. The van der Waals surface area contributed by atoms with Crippen molar-refractivity contribution >= 4 is 5.91 Å². The minimum atomic E-state index is 0.133. The van der Waals surface area contributed by atoms with Crippen LogP contribution in [0.1, 0.15) is 50.6 Å². The van der Waals surface area contributed by atoms with Crippen molar-refractivity contribution in [2.45, 2.75) is 45.1 Å². The van der Waals surface area contributed by atoms with Crippen molar-refractivity contribution in [2.24, 2.45) is 5.73 Å². The molecule has 1 rings (SSSR count). The van der Waals surface area contributed by atoms with Crippen molar-refractivity contribution in [1.29, 1.82) is 0 Å². The van der Waals surface area contributed by atoms with E-state index in [-0.39, 0.29) is 11.9 Å². The van der Waals surface area contributed by atoms with Crippen LogP contribution in [-0.4, -0.2) is 12.5 Å². The SMILES string of the molecule is CCC(NC(=O)CCCCCN)c1ccccc1. The van der Waals surface area contributed by atoms with E-state index in [0.29, 0.717) is 13.0 Å². The Kier molecular flexibility index (Phi) is 7.11. The molecule has 100 valence electrons. The van der Waals surface area contributed by atoms with Crippen molar-refractivity contribution in [2.75, 3.05) is 6.54 Å². The van der Waals surface area contributed by atoms with Gasteiger partial charge in [-0.3, -0.25) is 4.79 Å². The van der Waals surface area contributed by atoms with Crippen LogP contribution in [0.3, 0.4) is 0 Å². The molecule has 1 unspecified atom stereocenters. The number of hydrogen-bond donors (Lipinski definition) is 2. The summed E-state index contributed by atoms with van der Waals surface area (Å²) < 4.78 is 0. The number of benzene rings is 1. The second kappa shape index (κ2) is 8.70. The molecule has 0 spiro atoms.